The lowest BCUT2D eigenvalue weighted by molar-refractivity contribution is -0.143. The molecule has 5 nitrogen and oxygen atoms in total. The first-order chi connectivity index (χ1) is 15.4. The summed E-state index contributed by atoms with van der Waals surface area (Å²) in [6.07, 6.45) is 1.32. The molecule has 5 heteroatoms. The summed E-state index contributed by atoms with van der Waals surface area (Å²) in [4.78, 5) is 26.9. The molecular weight excluding hydrogens is 414 g/mol. The van der Waals surface area contributed by atoms with E-state index < -0.39 is 5.60 Å². The third kappa shape index (κ3) is 6.16. The van der Waals surface area contributed by atoms with E-state index in [0.717, 1.165) is 22.4 Å². The number of rotatable bonds is 5. The summed E-state index contributed by atoms with van der Waals surface area (Å²) in [6.45, 7) is 14.4. The number of carbonyl (C=O) groups excluding carboxylic acids is 2. The summed E-state index contributed by atoms with van der Waals surface area (Å²) in [7, 11) is 0. The van der Waals surface area contributed by atoms with E-state index in [2.05, 4.69) is 51.1 Å². The second-order valence-corrected chi connectivity index (χ2v) is 10.7. The van der Waals surface area contributed by atoms with E-state index >= 15 is 0 Å². The summed E-state index contributed by atoms with van der Waals surface area (Å²) >= 11 is 0. The van der Waals surface area contributed by atoms with Crippen LogP contribution in [0.15, 0.2) is 42.5 Å². The normalized spacial score (nSPS) is 15.8. The van der Waals surface area contributed by atoms with E-state index in [1.807, 2.05) is 39.8 Å². The van der Waals surface area contributed by atoms with Crippen molar-refractivity contribution in [3.05, 3.63) is 64.7 Å². The number of carbonyl (C=O) groups is 2. The average Bonchev–Trinajstić information content (AvgIpc) is 3.10. The van der Waals surface area contributed by atoms with Gasteiger partial charge in [-0.3, -0.25) is 9.69 Å². The van der Waals surface area contributed by atoms with Gasteiger partial charge in [0, 0.05) is 6.42 Å². The highest BCUT2D eigenvalue weighted by atomic mass is 16.6. The molecule has 1 amide bonds. The van der Waals surface area contributed by atoms with Crippen LogP contribution in [-0.2, 0) is 32.5 Å². The van der Waals surface area contributed by atoms with Crippen LogP contribution in [0.2, 0.25) is 0 Å². The Morgan fingerprint density at radius 1 is 1.03 bits per heavy atom. The Labute approximate surface area is 198 Å². The third-order valence-corrected chi connectivity index (χ3v) is 5.78. The topological polar surface area (TPSA) is 55.8 Å². The first kappa shape index (κ1) is 24.8. The molecule has 0 fully saturated rings. The zero-order valence-corrected chi connectivity index (χ0v) is 21.0. The minimum absolute atomic E-state index is 0.0124. The van der Waals surface area contributed by atoms with Crippen molar-refractivity contribution in [2.24, 2.45) is 0 Å². The van der Waals surface area contributed by atoms with Crippen LogP contribution < -0.4 is 4.90 Å². The van der Waals surface area contributed by atoms with Crippen molar-refractivity contribution in [2.45, 2.75) is 84.8 Å². The van der Waals surface area contributed by atoms with Crippen LogP contribution in [0, 0.1) is 0 Å². The Hall–Kier alpha value is -2.82. The molecule has 1 aliphatic heterocycles. The molecule has 1 aliphatic rings. The number of hydrogen-bond donors (Lipinski definition) is 0. The monoisotopic (exact) mass is 451 g/mol. The van der Waals surface area contributed by atoms with Gasteiger partial charge in [0.1, 0.15) is 5.60 Å². The second-order valence-electron chi connectivity index (χ2n) is 10.7. The fraction of sp³-hybridized carbons (Fsp3) is 0.500. The largest absolute Gasteiger partial charge is 0.466 e. The van der Waals surface area contributed by atoms with Gasteiger partial charge >= 0.3 is 12.1 Å². The lowest BCUT2D eigenvalue weighted by Gasteiger charge is -2.30. The first-order valence-electron chi connectivity index (χ1n) is 11.8. The summed E-state index contributed by atoms with van der Waals surface area (Å²) in [5, 5.41) is 0. The van der Waals surface area contributed by atoms with Crippen LogP contribution in [0.1, 0.15) is 83.2 Å². The fourth-order valence-corrected chi connectivity index (χ4v) is 4.16. The molecule has 0 aromatic heterocycles. The third-order valence-electron chi connectivity index (χ3n) is 5.78. The van der Waals surface area contributed by atoms with Crippen molar-refractivity contribution in [3.63, 3.8) is 0 Å². The predicted molar refractivity (Wildman–Crippen MR) is 132 cm³/mol. The van der Waals surface area contributed by atoms with Gasteiger partial charge in [-0.15, -0.1) is 0 Å². The maximum atomic E-state index is 13.3. The van der Waals surface area contributed by atoms with E-state index in [9.17, 15) is 9.59 Å². The van der Waals surface area contributed by atoms with Gasteiger partial charge in [0.2, 0.25) is 0 Å². The molecule has 0 N–H and O–H groups in total. The Morgan fingerprint density at radius 2 is 1.76 bits per heavy atom. The number of anilines is 1. The van der Waals surface area contributed by atoms with Gasteiger partial charge in [-0.2, -0.15) is 0 Å². The van der Waals surface area contributed by atoms with Crippen LogP contribution in [0.25, 0.3) is 0 Å². The van der Waals surface area contributed by atoms with E-state index in [1.54, 1.807) is 4.90 Å². The predicted octanol–water partition coefficient (Wildman–Crippen LogP) is 6.52. The molecule has 0 aliphatic carbocycles. The van der Waals surface area contributed by atoms with Crippen molar-refractivity contribution in [1.82, 2.24) is 0 Å². The molecule has 1 heterocycles. The SMILES string of the molecule is CCOC(=O)CCc1ccc2c(c1)CC(c1cccc(C(C)(C)C)c1)N2C(=O)OC(C)(C)C. The van der Waals surface area contributed by atoms with Gasteiger partial charge in [0.25, 0.3) is 0 Å². The van der Waals surface area contributed by atoms with Crippen molar-refractivity contribution in [1.29, 1.82) is 0 Å². The molecule has 0 spiro atoms. The molecular formula is C28H37NO4. The summed E-state index contributed by atoms with van der Waals surface area (Å²) in [5.74, 6) is -0.190. The van der Waals surface area contributed by atoms with Gasteiger partial charge in [-0.05, 0) is 74.3 Å². The summed E-state index contributed by atoms with van der Waals surface area (Å²) in [6, 6.07) is 14.4. The Morgan fingerprint density at radius 3 is 2.39 bits per heavy atom. The highest BCUT2D eigenvalue weighted by Crippen LogP contribution is 2.42. The Kier molecular flexibility index (Phi) is 7.20. The number of fused-ring (bicyclic) bond motifs is 1. The number of esters is 1. The van der Waals surface area contributed by atoms with Crippen molar-refractivity contribution >= 4 is 17.7 Å². The first-order valence-corrected chi connectivity index (χ1v) is 11.8. The van der Waals surface area contributed by atoms with Gasteiger partial charge in [-0.25, -0.2) is 4.79 Å². The van der Waals surface area contributed by atoms with Crippen LogP contribution >= 0.6 is 0 Å². The van der Waals surface area contributed by atoms with Crippen LogP contribution in [0.3, 0.4) is 0 Å². The average molecular weight is 452 g/mol. The molecule has 3 rings (SSSR count). The fourth-order valence-electron chi connectivity index (χ4n) is 4.16. The highest BCUT2D eigenvalue weighted by Gasteiger charge is 2.38. The Balaban J connectivity index is 1.95. The van der Waals surface area contributed by atoms with E-state index in [0.29, 0.717) is 25.9 Å². The number of aryl methyl sites for hydroxylation is 1. The number of nitrogens with zero attached hydrogens (tertiary/aromatic N) is 1. The number of benzene rings is 2. The molecule has 178 valence electrons. The molecule has 2 aromatic carbocycles. The minimum Gasteiger partial charge on any atom is -0.466 e. The molecule has 0 saturated heterocycles. The second kappa shape index (κ2) is 9.58. The number of ether oxygens (including phenoxy) is 2. The molecule has 0 saturated carbocycles. The molecule has 0 bridgehead atoms. The molecule has 33 heavy (non-hydrogen) atoms. The maximum absolute atomic E-state index is 13.3. The van der Waals surface area contributed by atoms with Gasteiger partial charge < -0.3 is 9.47 Å². The van der Waals surface area contributed by atoms with Gasteiger partial charge in [0.15, 0.2) is 0 Å². The van der Waals surface area contributed by atoms with E-state index in [-0.39, 0.29) is 23.5 Å². The van der Waals surface area contributed by atoms with Gasteiger partial charge in [-0.1, -0.05) is 57.2 Å². The van der Waals surface area contributed by atoms with Crippen LogP contribution in [-0.4, -0.2) is 24.3 Å². The molecule has 1 unspecified atom stereocenters. The molecule has 1 atom stereocenters. The Bertz CT molecular complexity index is 1010. The lowest BCUT2D eigenvalue weighted by atomic mass is 9.85. The number of amides is 1. The van der Waals surface area contributed by atoms with E-state index in [1.165, 1.54) is 5.56 Å². The van der Waals surface area contributed by atoms with Crippen molar-refractivity contribution in [2.75, 3.05) is 11.5 Å². The van der Waals surface area contributed by atoms with Gasteiger partial charge in [0.05, 0.1) is 18.3 Å². The van der Waals surface area contributed by atoms with Crippen LogP contribution in [0.5, 0.6) is 0 Å². The standard InChI is InChI=1S/C28H37NO4/c1-8-32-25(30)15-13-19-12-14-23-21(16-19)18-24(29(23)26(31)33-28(5,6)7)20-10-9-11-22(17-20)27(2,3)4/h9-12,14,16-17,24H,8,13,15,18H2,1-7H3. The maximum Gasteiger partial charge on any atom is 0.415 e. The van der Waals surface area contributed by atoms with E-state index in [4.69, 9.17) is 9.47 Å². The summed E-state index contributed by atoms with van der Waals surface area (Å²) < 4.78 is 10.8. The van der Waals surface area contributed by atoms with Crippen molar-refractivity contribution < 1.29 is 19.1 Å². The van der Waals surface area contributed by atoms with Crippen molar-refractivity contribution in [3.8, 4) is 0 Å². The zero-order chi connectivity index (χ0) is 24.4. The quantitative estimate of drug-likeness (QED) is 0.486. The smallest absolute Gasteiger partial charge is 0.415 e. The lowest BCUT2D eigenvalue weighted by Crippen LogP contribution is -2.37. The van der Waals surface area contributed by atoms with Crippen LogP contribution in [0.4, 0.5) is 10.5 Å². The number of hydrogen-bond acceptors (Lipinski definition) is 4. The molecule has 0 radical (unpaired) electrons. The minimum atomic E-state index is -0.586. The zero-order valence-electron chi connectivity index (χ0n) is 21.0. The highest BCUT2D eigenvalue weighted by molar-refractivity contribution is 5.92. The molecule has 2 aromatic rings. The summed E-state index contributed by atoms with van der Waals surface area (Å²) in [5.41, 5.74) is 4.78.